The van der Waals surface area contributed by atoms with Gasteiger partial charge in [-0.1, -0.05) is 67.8 Å². The van der Waals surface area contributed by atoms with Crippen LogP contribution in [0.15, 0.2) is 78.9 Å². The molecule has 4 N–H and O–H groups in total. The fourth-order valence-electron chi connectivity index (χ4n) is 4.70. The highest BCUT2D eigenvalue weighted by Crippen LogP contribution is 2.30. The van der Waals surface area contributed by atoms with Crippen molar-refractivity contribution in [2.75, 3.05) is 23.8 Å². The van der Waals surface area contributed by atoms with E-state index in [0.717, 1.165) is 59.3 Å². The van der Waals surface area contributed by atoms with Crippen molar-refractivity contribution in [1.82, 2.24) is 0 Å². The summed E-state index contributed by atoms with van der Waals surface area (Å²) in [4.78, 5) is 27.5. The van der Waals surface area contributed by atoms with Crippen LogP contribution in [0.5, 0.6) is 0 Å². The Morgan fingerprint density at radius 3 is 2.27 bits per heavy atom. The third-order valence-electron chi connectivity index (χ3n) is 6.72. The Labute approximate surface area is 218 Å². The number of carbonyl (C=O) groups excluding carboxylic acids is 2. The monoisotopic (exact) mass is 497 g/mol. The van der Waals surface area contributed by atoms with Gasteiger partial charge >= 0.3 is 5.97 Å². The average molecular weight is 498 g/mol. The minimum atomic E-state index is -0.438. The first kappa shape index (κ1) is 26.2. The SMILES string of the molecule is NCCOC(=O)/C=C/c1cccc(N(Cc2ccc(-c3ccc(N)cc3)cc2)C(=O)C2CCCCC2)c1. The zero-order valence-electron chi connectivity index (χ0n) is 21.1. The van der Waals surface area contributed by atoms with E-state index in [1.807, 2.05) is 53.4 Å². The van der Waals surface area contributed by atoms with Gasteiger partial charge in [0.05, 0.1) is 6.54 Å². The molecule has 192 valence electrons. The smallest absolute Gasteiger partial charge is 0.330 e. The van der Waals surface area contributed by atoms with Crippen LogP contribution in [0.4, 0.5) is 11.4 Å². The third kappa shape index (κ3) is 7.30. The predicted octanol–water partition coefficient (Wildman–Crippen LogP) is 5.56. The second-order valence-corrected chi connectivity index (χ2v) is 9.46. The van der Waals surface area contributed by atoms with Gasteiger partial charge in [0.25, 0.3) is 0 Å². The molecule has 6 nitrogen and oxygen atoms in total. The number of benzene rings is 3. The number of hydrogen-bond acceptors (Lipinski definition) is 5. The highest BCUT2D eigenvalue weighted by Gasteiger charge is 2.27. The molecule has 0 heterocycles. The van der Waals surface area contributed by atoms with Crippen LogP contribution in [0, 0.1) is 5.92 Å². The minimum Gasteiger partial charge on any atom is -0.461 e. The molecule has 1 saturated carbocycles. The van der Waals surface area contributed by atoms with Crippen LogP contribution in [0.1, 0.15) is 43.2 Å². The second-order valence-electron chi connectivity index (χ2n) is 9.46. The average Bonchev–Trinajstić information content (AvgIpc) is 2.95. The molecule has 0 aliphatic heterocycles. The van der Waals surface area contributed by atoms with Gasteiger partial charge in [0, 0.05) is 29.9 Å². The van der Waals surface area contributed by atoms with Crippen LogP contribution in [0.2, 0.25) is 0 Å². The highest BCUT2D eigenvalue weighted by molar-refractivity contribution is 5.95. The number of nitrogens with two attached hydrogens (primary N) is 2. The van der Waals surface area contributed by atoms with Crippen LogP contribution in [0.25, 0.3) is 17.2 Å². The maximum absolute atomic E-state index is 13.7. The Kier molecular flexibility index (Phi) is 9.11. The van der Waals surface area contributed by atoms with E-state index < -0.39 is 5.97 Å². The third-order valence-corrected chi connectivity index (χ3v) is 6.72. The van der Waals surface area contributed by atoms with E-state index in [0.29, 0.717) is 6.54 Å². The number of esters is 1. The first-order valence-corrected chi connectivity index (χ1v) is 12.9. The van der Waals surface area contributed by atoms with Crippen molar-refractivity contribution in [3.05, 3.63) is 90.0 Å². The molecule has 6 heteroatoms. The number of rotatable bonds is 9. The summed E-state index contributed by atoms with van der Waals surface area (Å²) in [6, 6.07) is 23.8. The molecule has 1 amide bonds. The summed E-state index contributed by atoms with van der Waals surface area (Å²) >= 11 is 0. The lowest BCUT2D eigenvalue weighted by Crippen LogP contribution is -2.36. The normalized spacial score (nSPS) is 14.0. The molecule has 3 aromatic rings. The van der Waals surface area contributed by atoms with E-state index in [1.54, 1.807) is 6.08 Å². The summed E-state index contributed by atoms with van der Waals surface area (Å²) in [6.07, 6.45) is 8.32. The molecule has 1 aliphatic carbocycles. The Hall–Kier alpha value is -3.90. The minimum absolute atomic E-state index is 0.0354. The van der Waals surface area contributed by atoms with Gasteiger partial charge < -0.3 is 21.1 Å². The summed E-state index contributed by atoms with van der Waals surface area (Å²) < 4.78 is 5.01. The summed E-state index contributed by atoms with van der Waals surface area (Å²) in [6.45, 7) is 0.946. The molecule has 4 rings (SSSR count). The van der Waals surface area contributed by atoms with Crippen molar-refractivity contribution in [2.24, 2.45) is 11.7 Å². The van der Waals surface area contributed by atoms with Gasteiger partial charge in [0.15, 0.2) is 0 Å². The number of amides is 1. The first-order chi connectivity index (χ1) is 18.0. The molecule has 0 spiro atoms. The van der Waals surface area contributed by atoms with Gasteiger partial charge in [0.2, 0.25) is 5.91 Å². The van der Waals surface area contributed by atoms with Crippen LogP contribution in [-0.4, -0.2) is 25.0 Å². The van der Waals surface area contributed by atoms with Crippen molar-refractivity contribution in [3.8, 4) is 11.1 Å². The lowest BCUT2D eigenvalue weighted by Gasteiger charge is -2.30. The van der Waals surface area contributed by atoms with Crippen LogP contribution in [0.3, 0.4) is 0 Å². The zero-order chi connectivity index (χ0) is 26.0. The van der Waals surface area contributed by atoms with Crippen molar-refractivity contribution >= 4 is 29.3 Å². The highest BCUT2D eigenvalue weighted by atomic mass is 16.5. The molecule has 0 bridgehead atoms. The van der Waals surface area contributed by atoms with Crippen LogP contribution in [-0.2, 0) is 20.9 Å². The van der Waals surface area contributed by atoms with E-state index in [1.165, 1.54) is 12.5 Å². The number of nitrogen functional groups attached to an aromatic ring is 1. The van der Waals surface area contributed by atoms with Crippen molar-refractivity contribution in [1.29, 1.82) is 0 Å². The van der Waals surface area contributed by atoms with Crippen LogP contribution < -0.4 is 16.4 Å². The Morgan fingerprint density at radius 2 is 1.59 bits per heavy atom. The fraction of sp³-hybridized carbons (Fsp3) is 0.290. The van der Waals surface area contributed by atoms with Gasteiger partial charge in [-0.05, 0) is 65.4 Å². The molecular formula is C31H35N3O3. The number of hydrogen-bond donors (Lipinski definition) is 2. The molecule has 0 atom stereocenters. The molecule has 1 fully saturated rings. The predicted molar refractivity (Wildman–Crippen MR) is 150 cm³/mol. The quantitative estimate of drug-likeness (QED) is 0.229. The number of anilines is 2. The fourth-order valence-corrected chi connectivity index (χ4v) is 4.70. The second kappa shape index (κ2) is 12.9. The standard InChI is InChI=1S/C31H35N3O3/c32-19-20-37-30(35)18-11-23-5-4-8-29(21-23)34(31(36)27-6-2-1-3-7-27)22-24-9-12-25(13-10-24)26-14-16-28(33)17-15-26/h4-5,8-18,21,27H,1-3,6-7,19-20,22,32-33H2/b18-11+. The van der Waals surface area contributed by atoms with E-state index in [2.05, 4.69) is 24.3 Å². The summed E-state index contributed by atoms with van der Waals surface area (Å²) in [5.41, 5.74) is 16.8. The Bertz CT molecular complexity index is 1210. The molecule has 37 heavy (non-hydrogen) atoms. The van der Waals surface area contributed by atoms with Gasteiger partial charge in [-0.15, -0.1) is 0 Å². The maximum Gasteiger partial charge on any atom is 0.330 e. The summed E-state index contributed by atoms with van der Waals surface area (Å²) in [7, 11) is 0. The molecule has 0 radical (unpaired) electrons. The maximum atomic E-state index is 13.7. The van der Waals surface area contributed by atoms with Crippen LogP contribution >= 0.6 is 0 Å². The zero-order valence-corrected chi connectivity index (χ0v) is 21.1. The van der Waals surface area contributed by atoms with E-state index >= 15 is 0 Å². The van der Waals surface area contributed by atoms with Gasteiger partial charge in [-0.2, -0.15) is 0 Å². The van der Waals surface area contributed by atoms with Crippen molar-refractivity contribution < 1.29 is 14.3 Å². The summed E-state index contributed by atoms with van der Waals surface area (Å²) in [5.74, 6) is -0.244. The largest absolute Gasteiger partial charge is 0.461 e. The molecule has 0 unspecified atom stereocenters. The van der Waals surface area contributed by atoms with Crippen molar-refractivity contribution in [3.63, 3.8) is 0 Å². The molecule has 1 aliphatic rings. The van der Waals surface area contributed by atoms with E-state index in [4.69, 9.17) is 16.2 Å². The molecule has 0 saturated heterocycles. The van der Waals surface area contributed by atoms with Gasteiger partial charge in [-0.3, -0.25) is 4.79 Å². The molecule has 0 aromatic heterocycles. The van der Waals surface area contributed by atoms with E-state index in [9.17, 15) is 9.59 Å². The van der Waals surface area contributed by atoms with Gasteiger partial charge in [-0.25, -0.2) is 4.79 Å². The van der Waals surface area contributed by atoms with E-state index in [-0.39, 0.29) is 25.0 Å². The Morgan fingerprint density at radius 1 is 0.919 bits per heavy atom. The number of ether oxygens (including phenoxy) is 1. The van der Waals surface area contributed by atoms with Gasteiger partial charge in [0.1, 0.15) is 6.61 Å². The molecule has 3 aromatic carbocycles. The topological polar surface area (TPSA) is 98.7 Å². The lowest BCUT2D eigenvalue weighted by atomic mass is 9.88. The number of carbonyl (C=O) groups is 2. The summed E-state index contributed by atoms with van der Waals surface area (Å²) in [5, 5.41) is 0. The Balaban J connectivity index is 1.57. The molecular weight excluding hydrogens is 462 g/mol. The number of nitrogens with zero attached hydrogens (tertiary/aromatic N) is 1. The first-order valence-electron chi connectivity index (χ1n) is 12.9. The van der Waals surface area contributed by atoms with Crippen molar-refractivity contribution in [2.45, 2.75) is 38.6 Å². The lowest BCUT2D eigenvalue weighted by molar-refractivity contribution is -0.137.